The number of aliphatic hydroxyl groups excluding tert-OH is 1. The van der Waals surface area contributed by atoms with Gasteiger partial charge in [-0.25, -0.2) is 0 Å². The van der Waals surface area contributed by atoms with Crippen LogP contribution >= 0.6 is 11.6 Å². The lowest BCUT2D eigenvalue weighted by Crippen LogP contribution is -2.45. The van der Waals surface area contributed by atoms with Crippen LogP contribution in [0.1, 0.15) is 31.2 Å². The van der Waals surface area contributed by atoms with E-state index in [1.165, 1.54) is 0 Å². The molecule has 2 aromatic rings. The third-order valence-electron chi connectivity index (χ3n) is 5.54. The Bertz CT molecular complexity index is 840. The van der Waals surface area contributed by atoms with Crippen molar-refractivity contribution in [2.45, 2.75) is 44.4 Å². The molecule has 0 atom stereocenters. The number of methoxy groups -OCH3 is 1. The van der Waals surface area contributed by atoms with Crippen LogP contribution in [0.5, 0.6) is 11.5 Å². The predicted octanol–water partition coefficient (Wildman–Crippen LogP) is 3.65. The van der Waals surface area contributed by atoms with Gasteiger partial charge in [-0.2, -0.15) is 0 Å². The molecule has 168 valence electrons. The quantitative estimate of drug-likeness (QED) is 0.545. The number of halogens is 1. The Morgan fingerprint density at radius 2 is 1.87 bits per heavy atom. The van der Waals surface area contributed by atoms with E-state index in [1.807, 2.05) is 36.4 Å². The minimum Gasteiger partial charge on any atom is -0.497 e. The van der Waals surface area contributed by atoms with Crippen molar-refractivity contribution in [3.05, 3.63) is 59.1 Å². The monoisotopic (exact) mass is 446 g/mol. The van der Waals surface area contributed by atoms with Gasteiger partial charge in [0.05, 0.1) is 26.3 Å². The summed E-state index contributed by atoms with van der Waals surface area (Å²) in [7, 11) is 1.65. The minimum absolute atomic E-state index is 0.0382. The molecule has 3 rings (SSSR count). The third-order valence-corrected chi connectivity index (χ3v) is 5.77. The van der Waals surface area contributed by atoms with E-state index in [-0.39, 0.29) is 18.1 Å². The van der Waals surface area contributed by atoms with Crippen molar-refractivity contribution >= 4 is 17.5 Å². The van der Waals surface area contributed by atoms with Gasteiger partial charge in [0.1, 0.15) is 18.1 Å². The Balaban J connectivity index is 1.53. The van der Waals surface area contributed by atoms with Crippen LogP contribution in [-0.4, -0.2) is 54.9 Å². The molecule has 0 spiro atoms. The van der Waals surface area contributed by atoms with Gasteiger partial charge < -0.3 is 19.9 Å². The molecule has 0 aliphatic heterocycles. The standard InChI is InChI=1S/C24H31ClN2O4/c1-30-22-6-2-4-18(14-22)16-27(20-8-10-21(28)11-9-20)17-24(29)26-12-13-31-23-7-3-5-19(25)15-23/h2-7,14-15,20-21,28H,8-13,16-17H2,1H3,(H,26,29). The van der Waals surface area contributed by atoms with E-state index in [9.17, 15) is 9.90 Å². The topological polar surface area (TPSA) is 71.0 Å². The van der Waals surface area contributed by atoms with E-state index in [0.29, 0.717) is 37.0 Å². The molecule has 6 nitrogen and oxygen atoms in total. The maximum absolute atomic E-state index is 12.6. The number of rotatable bonds is 10. The molecule has 0 heterocycles. The summed E-state index contributed by atoms with van der Waals surface area (Å²) in [6.45, 7) is 1.75. The van der Waals surface area contributed by atoms with E-state index in [1.54, 1.807) is 19.2 Å². The first kappa shape index (κ1) is 23.4. The van der Waals surface area contributed by atoms with Crippen LogP contribution in [0, 0.1) is 0 Å². The molecular formula is C24H31ClN2O4. The zero-order valence-electron chi connectivity index (χ0n) is 17.9. The summed E-state index contributed by atoms with van der Waals surface area (Å²) in [5, 5.41) is 13.4. The largest absolute Gasteiger partial charge is 0.497 e. The average molecular weight is 447 g/mol. The first-order chi connectivity index (χ1) is 15.0. The van der Waals surface area contributed by atoms with E-state index in [2.05, 4.69) is 10.2 Å². The van der Waals surface area contributed by atoms with Gasteiger partial charge >= 0.3 is 0 Å². The van der Waals surface area contributed by atoms with E-state index in [4.69, 9.17) is 21.1 Å². The van der Waals surface area contributed by atoms with Crippen LogP contribution in [0.4, 0.5) is 0 Å². The van der Waals surface area contributed by atoms with Crippen LogP contribution in [0.15, 0.2) is 48.5 Å². The molecule has 1 amide bonds. The summed E-state index contributed by atoms with van der Waals surface area (Å²) in [5.74, 6) is 1.45. The average Bonchev–Trinajstić information content (AvgIpc) is 2.77. The SMILES string of the molecule is COc1cccc(CN(CC(=O)NCCOc2cccc(Cl)c2)C2CCC(O)CC2)c1. The van der Waals surface area contributed by atoms with Gasteiger partial charge in [0.2, 0.25) is 5.91 Å². The summed E-state index contributed by atoms with van der Waals surface area (Å²) in [6.07, 6.45) is 3.09. The van der Waals surface area contributed by atoms with Crippen molar-refractivity contribution in [2.75, 3.05) is 26.8 Å². The fraction of sp³-hybridized carbons (Fsp3) is 0.458. The number of aliphatic hydroxyl groups is 1. The van der Waals surface area contributed by atoms with Crippen LogP contribution in [0.2, 0.25) is 5.02 Å². The molecule has 2 N–H and O–H groups in total. The molecule has 0 bridgehead atoms. The summed E-state index contributed by atoms with van der Waals surface area (Å²) in [5.41, 5.74) is 1.10. The molecule has 1 aliphatic rings. The Hall–Kier alpha value is -2.28. The highest BCUT2D eigenvalue weighted by molar-refractivity contribution is 6.30. The predicted molar refractivity (Wildman–Crippen MR) is 122 cm³/mol. The number of ether oxygens (including phenoxy) is 2. The van der Waals surface area contributed by atoms with Gasteiger partial charge in [-0.15, -0.1) is 0 Å². The van der Waals surface area contributed by atoms with Crippen LogP contribution in [0.3, 0.4) is 0 Å². The van der Waals surface area contributed by atoms with Gasteiger partial charge in [0.15, 0.2) is 0 Å². The molecule has 2 aromatic carbocycles. The van der Waals surface area contributed by atoms with Crippen LogP contribution in [-0.2, 0) is 11.3 Å². The summed E-state index contributed by atoms with van der Waals surface area (Å²) in [4.78, 5) is 14.8. The van der Waals surface area contributed by atoms with Crippen LogP contribution in [0.25, 0.3) is 0 Å². The minimum atomic E-state index is -0.229. The Morgan fingerprint density at radius 1 is 1.13 bits per heavy atom. The fourth-order valence-corrected chi connectivity index (χ4v) is 4.08. The van der Waals surface area contributed by atoms with Crippen molar-refractivity contribution in [2.24, 2.45) is 0 Å². The number of nitrogens with one attached hydrogen (secondary N) is 1. The lowest BCUT2D eigenvalue weighted by Gasteiger charge is -2.35. The highest BCUT2D eigenvalue weighted by Gasteiger charge is 2.26. The second kappa shape index (κ2) is 11.9. The second-order valence-electron chi connectivity index (χ2n) is 7.87. The van der Waals surface area contributed by atoms with Crippen molar-refractivity contribution in [1.82, 2.24) is 10.2 Å². The first-order valence-corrected chi connectivity index (χ1v) is 11.1. The maximum atomic E-state index is 12.6. The van der Waals surface area contributed by atoms with Crippen molar-refractivity contribution in [1.29, 1.82) is 0 Å². The number of amides is 1. The smallest absolute Gasteiger partial charge is 0.234 e. The van der Waals surface area contributed by atoms with Gasteiger partial charge in [-0.1, -0.05) is 29.8 Å². The lowest BCUT2D eigenvalue weighted by molar-refractivity contribution is -0.123. The van der Waals surface area contributed by atoms with Gasteiger partial charge in [0, 0.05) is 17.6 Å². The number of carbonyl (C=O) groups excluding carboxylic acids is 1. The highest BCUT2D eigenvalue weighted by atomic mass is 35.5. The Morgan fingerprint density at radius 3 is 2.61 bits per heavy atom. The molecule has 1 aliphatic carbocycles. The number of hydrogen-bond donors (Lipinski definition) is 2. The van der Waals surface area contributed by atoms with Crippen molar-refractivity contribution < 1.29 is 19.4 Å². The summed E-state index contributed by atoms with van der Waals surface area (Å²) < 4.78 is 11.0. The molecule has 1 fully saturated rings. The number of carbonyl (C=O) groups is 1. The molecule has 7 heteroatoms. The maximum Gasteiger partial charge on any atom is 0.234 e. The molecule has 0 unspecified atom stereocenters. The Labute approximate surface area is 189 Å². The fourth-order valence-electron chi connectivity index (χ4n) is 3.90. The first-order valence-electron chi connectivity index (χ1n) is 10.7. The van der Waals surface area contributed by atoms with E-state index < -0.39 is 0 Å². The summed E-state index contributed by atoms with van der Waals surface area (Å²) >= 11 is 5.95. The number of nitrogens with zero attached hydrogens (tertiary/aromatic N) is 1. The van der Waals surface area contributed by atoms with Crippen molar-refractivity contribution in [3.63, 3.8) is 0 Å². The third kappa shape index (κ3) is 7.73. The molecule has 0 saturated heterocycles. The van der Waals surface area contributed by atoms with E-state index in [0.717, 1.165) is 37.0 Å². The highest BCUT2D eigenvalue weighted by Crippen LogP contribution is 2.25. The molecule has 0 radical (unpaired) electrons. The molecular weight excluding hydrogens is 416 g/mol. The van der Waals surface area contributed by atoms with Crippen molar-refractivity contribution in [3.8, 4) is 11.5 Å². The Kier molecular flexibility index (Phi) is 9.00. The van der Waals surface area contributed by atoms with Gasteiger partial charge in [-0.3, -0.25) is 9.69 Å². The zero-order chi connectivity index (χ0) is 22.1. The van der Waals surface area contributed by atoms with Gasteiger partial charge in [0.25, 0.3) is 0 Å². The lowest BCUT2D eigenvalue weighted by atomic mass is 9.91. The van der Waals surface area contributed by atoms with Gasteiger partial charge in [-0.05, 0) is 61.6 Å². The number of benzene rings is 2. The van der Waals surface area contributed by atoms with Crippen LogP contribution < -0.4 is 14.8 Å². The molecule has 0 aromatic heterocycles. The molecule has 31 heavy (non-hydrogen) atoms. The van der Waals surface area contributed by atoms with E-state index >= 15 is 0 Å². The second-order valence-corrected chi connectivity index (χ2v) is 8.31. The summed E-state index contributed by atoms with van der Waals surface area (Å²) in [6, 6.07) is 15.4. The zero-order valence-corrected chi connectivity index (χ0v) is 18.7. The number of hydrogen-bond acceptors (Lipinski definition) is 5. The normalized spacial score (nSPS) is 18.6. The molecule has 1 saturated carbocycles.